The molecule has 0 aliphatic rings. The number of hydrogen-bond acceptors (Lipinski definition) is 2. The number of rotatable bonds is 14. The molecule has 3 heteroatoms. The maximum Gasteiger partial charge on any atom is 0.236 e. The number of unbranched alkanes of at least 4 members (excludes halogenated alkanes) is 9. The number of carbonyl (C=O) groups excluding carboxylic acids is 1. The third kappa shape index (κ3) is 10.4. The molecule has 1 amide bonds. The predicted octanol–water partition coefficient (Wildman–Crippen LogP) is 5.24. The fourth-order valence-electron chi connectivity index (χ4n) is 2.93. The second-order valence-electron chi connectivity index (χ2n) is 6.75. The van der Waals surface area contributed by atoms with Crippen LogP contribution in [0.15, 0.2) is 30.3 Å². The van der Waals surface area contributed by atoms with Gasteiger partial charge in [0.25, 0.3) is 0 Å². The normalized spacial score (nSPS) is 10.8. The fourth-order valence-corrected chi connectivity index (χ4v) is 2.93. The van der Waals surface area contributed by atoms with E-state index in [0.29, 0.717) is 13.0 Å². The molecule has 0 spiro atoms. The molecule has 1 aromatic rings. The SMILES string of the molecule is CCCCCCCCCCCCN(N)C(=O)CCc1ccccc1. The van der Waals surface area contributed by atoms with Crippen LogP contribution in [0.1, 0.15) is 83.1 Å². The lowest BCUT2D eigenvalue weighted by molar-refractivity contribution is -0.131. The van der Waals surface area contributed by atoms with E-state index in [-0.39, 0.29) is 5.91 Å². The molecule has 1 aromatic carbocycles. The smallest absolute Gasteiger partial charge is 0.236 e. The van der Waals surface area contributed by atoms with E-state index in [2.05, 4.69) is 19.1 Å². The number of amides is 1. The molecule has 0 saturated carbocycles. The highest BCUT2D eigenvalue weighted by Crippen LogP contribution is 2.11. The molecule has 0 unspecified atom stereocenters. The van der Waals surface area contributed by atoms with Gasteiger partial charge in [0, 0.05) is 13.0 Å². The highest BCUT2D eigenvalue weighted by Gasteiger charge is 2.08. The standard InChI is InChI=1S/C21H36N2O/c1-2-3-4-5-6-7-8-9-10-14-19-23(22)21(24)18-17-20-15-12-11-13-16-20/h11-13,15-16H,2-10,14,17-19,22H2,1H3. The van der Waals surface area contributed by atoms with Crippen LogP contribution in [0.4, 0.5) is 0 Å². The van der Waals surface area contributed by atoms with E-state index in [1.54, 1.807) is 0 Å². The van der Waals surface area contributed by atoms with Gasteiger partial charge in [0.05, 0.1) is 0 Å². The summed E-state index contributed by atoms with van der Waals surface area (Å²) in [7, 11) is 0. The fraction of sp³-hybridized carbons (Fsp3) is 0.667. The maximum absolute atomic E-state index is 12.0. The van der Waals surface area contributed by atoms with Crippen molar-refractivity contribution in [1.29, 1.82) is 0 Å². The summed E-state index contributed by atoms with van der Waals surface area (Å²) in [6, 6.07) is 10.1. The van der Waals surface area contributed by atoms with Gasteiger partial charge in [0.2, 0.25) is 5.91 Å². The van der Waals surface area contributed by atoms with Gasteiger partial charge in [-0.15, -0.1) is 0 Å². The van der Waals surface area contributed by atoms with E-state index in [1.807, 2.05) is 18.2 Å². The Morgan fingerprint density at radius 2 is 1.42 bits per heavy atom. The first-order chi connectivity index (χ1) is 11.7. The Hall–Kier alpha value is -1.35. The van der Waals surface area contributed by atoms with Crippen LogP contribution in [-0.4, -0.2) is 17.5 Å². The molecule has 0 saturated heterocycles. The maximum atomic E-state index is 12.0. The summed E-state index contributed by atoms with van der Waals surface area (Å²) in [4.78, 5) is 12.0. The number of carbonyl (C=O) groups is 1. The van der Waals surface area contributed by atoms with Crippen LogP contribution in [0.2, 0.25) is 0 Å². The second kappa shape index (κ2) is 14.0. The van der Waals surface area contributed by atoms with Gasteiger partial charge in [-0.3, -0.25) is 9.80 Å². The third-order valence-electron chi connectivity index (χ3n) is 4.54. The zero-order chi connectivity index (χ0) is 17.5. The second-order valence-corrected chi connectivity index (χ2v) is 6.75. The van der Waals surface area contributed by atoms with Crippen molar-refractivity contribution in [2.24, 2.45) is 5.84 Å². The number of nitrogens with two attached hydrogens (primary N) is 1. The lowest BCUT2D eigenvalue weighted by Crippen LogP contribution is -2.38. The van der Waals surface area contributed by atoms with Gasteiger partial charge in [0.1, 0.15) is 0 Å². The molecular weight excluding hydrogens is 296 g/mol. The van der Waals surface area contributed by atoms with Crippen molar-refractivity contribution in [3.8, 4) is 0 Å². The van der Waals surface area contributed by atoms with Crippen molar-refractivity contribution < 1.29 is 4.79 Å². The topological polar surface area (TPSA) is 46.3 Å². The Morgan fingerprint density at radius 3 is 2.00 bits per heavy atom. The summed E-state index contributed by atoms with van der Waals surface area (Å²) >= 11 is 0. The summed E-state index contributed by atoms with van der Waals surface area (Å²) < 4.78 is 0. The molecule has 0 heterocycles. The largest absolute Gasteiger partial charge is 0.281 e. The molecule has 1 rings (SSSR count). The minimum Gasteiger partial charge on any atom is -0.281 e. The van der Waals surface area contributed by atoms with E-state index in [4.69, 9.17) is 5.84 Å². The zero-order valence-corrected chi connectivity index (χ0v) is 15.5. The predicted molar refractivity (Wildman–Crippen MR) is 103 cm³/mol. The summed E-state index contributed by atoms with van der Waals surface area (Å²) in [5, 5.41) is 1.41. The molecule has 3 nitrogen and oxygen atoms in total. The summed E-state index contributed by atoms with van der Waals surface area (Å²) in [6.07, 6.45) is 14.3. The van der Waals surface area contributed by atoms with Gasteiger partial charge in [-0.25, -0.2) is 5.84 Å². The lowest BCUT2D eigenvalue weighted by Gasteiger charge is -2.16. The number of hydrazine groups is 1. The molecule has 0 atom stereocenters. The Morgan fingerprint density at radius 1 is 0.875 bits per heavy atom. The average Bonchev–Trinajstić information content (AvgIpc) is 2.62. The summed E-state index contributed by atoms with van der Waals surface area (Å²) in [6.45, 7) is 2.94. The van der Waals surface area contributed by atoms with E-state index in [1.165, 1.54) is 68.4 Å². The van der Waals surface area contributed by atoms with Gasteiger partial charge < -0.3 is 0 Å². The van der Waals surface area contributed by atoms with Gasteiger partial charge in [0.15, 0.2) is 0 Å². The van der Waals surface area contributed by atoms with Crippen LogP contribution >= 0.6 is 0 Å². The number of hydrogen-bond donors (Lipinski definition) is 1. The summed E-state index contributed by atoms with van der Waals surface area (Å²) in [5.41, 5.74) is 1.19. The molecule has 24 heavy (non-hydrogen) atoms. The van der Waals surface area contributed by atoms with Crippen LogP contribution in [-0.2, 0) is 11.2 Å². The highest BCUT2D eigenvalue weighted by atomic mass is 16.2. The minimum atomic E-state index is 0.0507. The minimum absolute atomic E-state index is 0.0507. The lowest BCUT2D eigenvalue weighted by atomic mass is 10.1. The Kier molecular flexibility index (Phi) is 12.1. The van der Waals surface area contributed by atoms with Crippen molar-refractivity contribution in [1.82, 2.24) is 5.01 Å². The van der Waals surface area contributed by atoms with Crippen molar-refractivity contribution in [2.75, 3.05) is 6.54 Å². The van der Waals surface area contributed by atoms with E-state index in [0.717, 1.165) is 12.8 Å². The van der Waals surface area contributed by atoms with Gasteiger partial charge in [-0.05, 0) is 18.4 Å². The monoisotopic (exact) mass is 332 g/mol. The van der Waals surface area contributed by atoms with E-state index in [9.17, 15) is 4.79 Å². The number of benzene rings is 1. The number of nitrogens with zero attached hydrogens (tertiary/aromatic N) is 1. The highest BCUT2D eigenvalue weighted by molar-refractivity contribution is 5.75. The van der Waals surface area contributed by atoms with Crippen LogP contribution in [0.3, 0.4) is 0 Å². The first-order valence-corrected chi connectivity index (χ1v) is 9.83. The van der Waals surface area contributed by atoms with Gasteiger partial charge in [-0.2, -0.15) is 0 Å². The van der Waals surface area contributed by atoms with Crippen molar-refractivity contribution in [2.45, 2.75) is 84.0 Å². The quantitative estimate of drug-likeness (QED) is 0.219. The molecule has 136 valence electrons. The molecule has 0 aliphatic carbocycles. The first-order valence-electron chi connectivity index (χ1n) is 9.83. The van der Waals surface area contributed by atoms with E-state index < -0.39 is 0 Å². The van der Waals surface area contributed by atoms with Gasteiger partial charge >= 0.3 is 0 Å². The van der Waals surface area contributed by atoms with Crippen molar-refractivity contribution in [3.63, 3.8) is 0 Å². The zero-order valence-electron chi connectivity index (χ0n) is 15.5. The van der Waals surface area contributed by atoms with E-state index >= 15 is 0 Å². The van der Waals surface area contributed by atoms with Crippen molar-refractivity contribution >= 4 is 5.91 Å². The van der Waals surface area contributed by atoms with Gasteiger partial charge in [-0.1, -0.05) is 95.0 Å². The Labute approximate surface area is 148 Å². The molecular formula is C21H36N2O. The molecule has 0 fully saturated rings. The average molecular weight is 333 g/mol. The van der Waals surface area contributed by atoms with Crippen LogP contribution in [0.25, 0.3) is 0 Å². The molecule has 0 bridgehead atoms. The van der Waals surface area contributed by atoms with Crippen LogP contribution < -0.4 is 5.84 Å². The first kappa shape index (κ1) is 20.7. The molecule has 2 N–H and O–H groups in total. The summed E-state index contributed by atoms with van der Waals surface area (Å²) in [5.74, 6) is 5.92. The van der Waals surface area contributed by atoms with Crippen molar-refractivity contribution in [3.05, 3.63) is 35.9 Å². The Balaban J connectivity index is 1.95. The molecule has 0 radical (unpaired) electrons. The third-order valence-corrected chi connectivity index (χ3v) is 4.54. The number of aryl methyl sites for hydroxylation is 1. The molecule has 0 aromatic heterocycles. The van der Waals surface area contributed by atoms with Crippen LogP contribution in [0, 0.1) is 0 Å². The van der Waals surface area contributed by atoms with Crippen LogP contribution in [0.5, 0.6) is 0 Å². The Bertz CT molecular complexity index is 419. The molecule has 0 aliphatic heterocycles.